The van der Waals surface area contributed by atoms with Gasteiger partial charge in [0.15, 0.2) is 6.67 Å². The van der Waals surface area contributed by atoms with Gasteiger partial charge in [0.25, 0.3) is 0 Å². The van der Waals surface area contributed by atoms with Gasteiger partial charge in [-0.2, -0.15) is 0 Å². The van der Waals surface area contributed by atoms with Crippen molar-refractivity contribution >= 4 is 42.4 Å². The molecule has 119 valence electrons. The molecule has 6 nitrogen and oxygen atoms in total. The summed E-state index contributed by atoms with van der Waals surface area (Å²) in [6, 6.07) is 16.5. The lowest BCUT2D eigenvalue weighted by Crippen LogP contribution is -2.39. The molecule has 0 bridgehead atoms. The Morgan fingerprint density at radius 2 is 1.79 bits per heavy atom. The number of benzene rings is 2. The first-order valence-electron chi connectivity index (χ1n) is 7.63. The predicted molar refractivity (Wildman–Crippen MR) is 98.5 cm³/mol. The lowest BCUT2D eigenvalue weighted by molar-refractivity contribution is -0.661. The number of rotatable bonds is 4. The molecule has 0 aliphatic carbocycles. The van der Waals surface area contributed by atoms with E-state index in [1.807, 2.05) is 38.4 Å². The summed E-state index contributed by atoms with van der Waals surface area (Å²) < 4.78 is 4.39. The normalized spacial score (nSPS) is 10.8. The quantitative estimate of drug-likeness (QED) is 0.398. The largest absolute Gasteiger partial charge is 0.359 e. The summed E-state index contributed by atoms with van der Waals surface area (Å²) in [6.45, 7) is 0.664. The molecule has 24 heavy (non-hydrogen) atoms. The third-order valence-electron chi connectivity index (χ3n) is 4.12. The van der Waals surface area contributed by atoms with Crippen LogP contribution in [0.1, 0.15) is 0 Å². The average molecular weight is 318 g/mol. The van der Waals surface area contributed by atoms with Gasteiger partial charge < -0.3 is 5.32 Å². The molecule has 0 amide bonds. The van der Waals surface area contributed by atoms with Crippen molar-refractivity contribution in [3.8, 4) is 0 Å². The van der Waals surface area contributed by atoms with E-state index >= 15 is 0 Å². The molecule has 0 fully saturated rings. The fourth-order valence-corrected chi connectivity index (χ4v) is 3.03. The second-order valence-corrected chi connectivity index (χ2v) is 5.41. The number of hydrogen-bond donors (Lipinski definition) is 3. The van der Waals surface area contributed by atoms with Crippen LogP contribution in [0.15, 0.2) is 48.5 Å². The number of fused-ring (bicyclic) bond motifs is 2. The Morgan fingerprint density at radius 3 is 2.58 bits per heavy atom. The lowest BCUT2D eigenvalue weighted by Gasteiger charge is -2.08. The fourth-order valence-electron chi connectivity index (χ4n) is 3.03. The Balaban J connectivity index is 0.00000169. The van der Waals surface area contributed by atoms with E-state index in [-0.39, 0.29) is 8.41 Å². The molecule has 3 radical (unpaired) electrons. The number of nitrogens with zero attached hydrogens (tertiary/aromatic N) is 3. The summed E-state index contributed by atoms with van der Waals surface area (Å²) in [7, 11) is 3.82. The summed E-state index contributed by atoms with van der Waals surface area (Å²) in [5.41, 5.74) is 4.35. The molecule has 0 aliphatic heterocycles. The average Bonchev–Trinajstić information content (AvgIpc) is 3.14. The van der Waals surface area contributed by atoms with Gasteiger partial charge in [-0.05, 0) is 24.3 Å². The molecular weight excluding hydrogens is 299 g/mol. The SMILES string of the molecule is CNc1nc2ccccc2n1C[n+]1c(NC)[nH]c2ccccc21.[B]. The van der Waals surface area contributed by atoms with Gasteiger partial charge in [-0.1, -0.05) is 24.3 Å². The highest BCUT2D eigenvalue weighted by Gasteiger charge is 2.18. The summed E-state index contributed by atoms with van der Waals surface area (Å²) in [4.78, 5) is 8.06. The maximum absolute atomic E-state index is 4.66. The number of imidazole rings is 2. The smallest absolute Gasteiger partial charge is 0.357 e. The number of H-pyrrole nitrogens is 1. The molecule has 4 aromatic rings. The third kappa shape index (κ3) is 2.38. The minimum absolute atomic E-state index is 0. The van der Waals surface area contributed by atoms with Crippen molar-refractivity contribution in [2.45, 2.75) is 6.67 Å². The predicted octanol–water partition coefficient (Wildman–Crippen LogP) is 2.01. The molecule has 3 N–H and O–H groups in total. The number of aromatic amines is 1. The molecule has 2 aromatic heterocycles. The molecular formula is C17H19BN6+. The summed E-state index contributed by atoms with van der Waals surface area (Å²) >= 11 is 0. The van der Waals surface area contributed by atoms with E-state index in [0.29, 0.717) is 6.67 Å². The second-order valence-electron chi connectivity index (χ2n) is 5.41. The van der Waals surface area contributed by atoms with Crippen LogP contribution in [0.5, 0.6) is 0 Å². The van der Waals surface area contributed by atoms with Crippen molar-refractivity contribution in [3.05, 3.63) is 48.5 Å². The Bertz CT molecular complexity index is 907. The van der Waals surface area contributed by atoms with Gasteiger partial charge in [0, 0.05) is 15.5 Å². The highest BCUT2D eigenvalue weighted by Crippen LogP contribution is 2.19. The van der Waals surface area contributed by atoms with E-state index in [1.165, 1.54) is 0 Å². The Hall–Kier alpha value is -2.96. The van der Waals surface area contributed by atoms with Gasteiger partial charge in [0.1, 0.15) is 11.0 Å². The van der Waals surface area contributed by atoms with Crippen molar-refractivity contribution < 1.29 is 4.57 Å². The first-order valence-corrected chi connectivity index (χ1v) is 7.63. The molecule has 0 aliphatic rings. The zero-order valence-corrected chi connectivity index (χ0v) is 13.7. The molecule has 4 rings (SSSR count). The van der Waals surface area contributed by atoms with E-state index in [2.05, 4.69) is 54.0 Å². The van der Waals surface area contributed by atoms with E-state index in [9.17, 15) is 0 Å². The molecule has 2 aromatic carbocycles. The monoisotopic (exact) mass is 318 g/mol. The molecule has 0 spiro atoms. The number of nitrogens with one attached hydrogen (secondary N) is 3. The van der Waals surface area contributed by atoms with Gasteiger partial charge >= 0.3 is 5.95 Å². The van der Waals surface area contributed by atoms with Crippen molar-refractivity contribution in [1.29, 1.82) is 0 Å². The zero-order valence-electron chi connectivity index (χ0n) is 13.7. The Morgan fingerprint density at radius 1 is 1.04 bits per heavy atom. The third-order valence-corrected chi connectivity index (χ3v) is 4.12. The first-order chi connectivity index (χ1) is 11.3. The summed E-state index contributed by atoms with van der Waals surface area (Å²) in [5, 5.41) is 6.43. The molecule has 0 saturated heterocycles. The van der Waals surface area contributed by atoms with Crippen molar-refractivity contribution in [2.24, 2.45) is 0 Å². The Labute approximate surface area is 142 Å². The van der Waals surface area contributed by atoms with Gasteiger partial charge in [-0.15, -0.1) is 0 Å². The van der Waals surface area contributed by atoms with E-state index < -0.39 is 0 Å². The number of hydrogen-bond acceptors (Lipinski definition) is 3. The molecule has 0 unspecified atom stereocenters. The second kappa shape index (κ2) is 6.27. The van der Waals surface area contributed by atoms with Gasteiger partial charge in [-0.25, -0.2) is 14.5 Å². The number of para-hydroxylation sites is 4. The van der Waals surface area contributed by atoms with Crippen LogP contribution in [0.4, 0.5) is 11.9 Å². The highest BCUT2D eigenvalue weighted by atomic mass is 15.3. The van der Waals surface area contributed by atoms with E-state index in [0.717, 1.165) is 34.0 Å². The minimum atomic E-state index is 0. The van der Waals surface area contributed by atoms with Crippen LogP contribution in [0.2, 0.25) is 0 Å². The van der Waals surface area contributed by atoms with Crippen molar-refractivity contribution in [1.82, 2.24) is 14.5 Å². The molecule has 0 atom stereocenters. The van der Waals surface area contributed by atoms with Crippen LogP contribution in [0.25, 0.3) is 22.1 Å². The van der Waals surface area contributed by atoms with Gasteiger partial charge in [-0.3, -0.25) is 9.88 Å². The fraction of sp³-hybridized carbons (Fsp3) is 0.176. The molecule has 7 heteroatoms. The molecule has 2 heterocycles. The van der Waals surface area contributed by atoms with Crippen molar-refractivity contribution in [2.75, 3.05) is 24.7 Å². The number of anilines is 2. The first kappa shape index (κ1) is 15.9. The van der Waals surface area contributed by atoms with Crippen LogP contribution in [0.3, 0.4) is 0 Å². The lowest BCUT2D eigenvalue weighted by atomic mass is 10.3. The summed E-state index contributed by atoms with van der Waals surface area (Å²) in [6.07, 6.45) is 0. The van der Waals surface area contributed by atoms with Crippen LogP contribution < -0.4 is 15.2 Å². The van der Waals surface area contributed by atoms with Crippen LogP contribution in [-0.4, -0.2) is 37.0 Å². The van der Waals surface area contributed by atoms with Crippen LogP contribution >= 0.6 is 0 Å². The number of aromatic nitrogens is 4. The highest BCUT2D eigenvalue weighted by molar-refractivity contribution is 5.78. The maximum Gasteiger partial charge on any atom is 0.357 e. The van der Waals surface area contributed by atoms with Crippen LogP contribution in [0, 0.1) is 0 Å². The van der Waals surface area contributed by atoms with Gasteiger partial charge in [0.2, 0.25) is 5.95 Å². The zero-order chi connectivity index (χ0) is 15.8. The van der Waals surface area contributed by atoms with Crippen LogP contribution in [-0.2, 0) is 6.67 Å². The standard InChI is InChI=1S/C17H18N6.B/c1-18-16-20-12-7-3-5-9-14(12)22(16)11-23-15-10-6-4-8-13(15)21-17(23)19-2;/h3-10H,11H2,1-2H3,(H2,18,19,20,21);/p+1. The van der Waals surface area contributed by atoms with Gasteiger partial charge in [0.05, 0.1) is 18.1 Å². The summed E-state index contributed by atoms with van der Waals surface area (Å²) in [5.74, 6) is 1.82. The van der Waals surface area contributed by atoms with E-state index in [4.69, 9.17) is 0 Å². The van der Waals surface area contributed by atoms with E-state index in [1.54, 1.807) is 0 Å². The van der Waals surface area contributed by atoms with Crippen molar-refractivity contribution in [3.63, 3.8) is 0 Å². The topological polar surface area (TPSA) is 61.6 Å². The molecule has 0 saturated carbocycles. The maximum atomic E-state index is 4.66. The Kier molecular flexibility index (Phi) is 4.16. The minimum Gasteiger partial charge on any atom is -0.359 e.